The van der Waals surface area contributed by atoms with Crippen LogP contribution in [-0.2, 0) is 0 Å². The van der Waals surface area contributed by atoms with Crippen LogP contribution in [0.2, 0.25) is 0 Å². The highest BCUT2D eigenvalue weighted by Gasteiger charge is 2.32. The van der Waals surface area contributed by atoms with Gasteiger partial charge in [-0.25, -0.2) is 0 Å². The summed E-state index contributed by atoms with van der Waals surface area (Å²) in [5, 5.41) is 0. The Morgan fingerprint density at radius 2 is 2.06 bits per heavy atom. The molecule has 4 atom stereocenters. The maximum atomic E-state index is 5.97. The van der Waals surface area contributed by atoms with Gasteiger partial charge >= 0.3 is 0 Å². The minimum Gasteiger partial charge on any atom is -0.330 e. The van der Waals surface area contributed by atoms with E-state index in [1.807, 2.05) is 0 Å². The van der Waals surface area contributed by atoms with Crippen LogP contribution in [0.4, 0.5) is 0 Å². The van der Waals surface area contributed by atoms with Crippen molar-refractivity contribution in [3.8, 4) is 0 Å². The van der Waals surface area contributed by atoms with Crippen LogP contribution in [0.15, 0.2) is 0 Å². The first-order chi connectivity index (χ1) is 8.60. The molecule has 4 unspecified atom stereocenters. The first kappa shape index (κ1) is 14.3. The summed E-state index contributed by atoms with van der Waals surface area (Å²) in [5.41, 5.74) is 5.97. The van der Waals surface area contributed by atoms with Gasteiger partial charge in [0.25, 0.3) is 0 Å². The number of hydrogen-bond donors (Lipinski definition) is 1. The Morgan fingerprint density at radius 1 is 1.28 bits per heavy atom. The third-order valence-electron chi connectivity index (χ3n) is 5.12. The van der Waals surface area contributed by atoms with E-state index in [-0.39, 0.29) is 0 Å². The van der Waals surface area contributed by atoms with Crippen molar-refractivity contribution in [3.63, 3.8) is 0 Å². The Morgan fingerprint density at radius 3 is 2.67 bits per heavy atom. The molecule has 1 heterocycles. The van der Waals surface area contributed by atoms with Crippen LogP contribution in [0.5, 0.6) is 0 Å². The minimum absolute atomic E-state index is 0.727. The van der Waals surface area contributed by atoms with Gasteiger partial charge in [-0.05, 0) is 64.2 Å². The van der Waals surface area contributed by atoms with Crippen molar-refractivity contribution < 1.29 is 0 Å². The van der Waals surface area contributed by atoms with Gasteiger partial charge in [-0.2, -0.15) is 0 Å². The second kappa shape index (κ2) is 6.36. The molecule has 2 N–H and O–H groups in total. The molecule has 2 fully saturated rings. The minimum atomic E-state index is 0.727. The van der Waals surface area contributed by atoms with E-state index in [1.165, 1.54) is 45.3 Å². The van der Waals surface area contributed by atoms with Gasteiger partial charge in [0.1, 0.15) is 0 Å². The number of nitrogens with zero attached hydrogens (tertiary/aromatic N) is 2. The van der Waals surface area contributed by atoms with Gasteiger partial charge in [0.15, 0.2) is 0 Å². The normalized spacial score (nSPS) is 38.5. The molecule has 0 radical (unpaired) electrons. The summed E-state index contributed by atoms with van der Waals surface area (Å²) in [7, 11) is 4.56. The largest absolute Gasteiger partial charge is 0.330 e. The maximum Gasteiger partial charge on any atom is 0.0135 e. The van der Waals surface area contributed by atoms with Crippen molar-refractivity contribution in [2.45, 2.75) is 38.6 Å². The second-order valence-corrected chi connectivity index (χ2v) is 6.84. The SMILES string of the molecule is CC1CCC(CN)C(N(C)CC2CCN(C)C2)C1. The summed E-state index contributed by atoms with van der Waals surface area (Å²) in [5.74, 6) is 2.48. The standard InChI is InChI=1S/C15H31N3/c1-12-4-5-14(9-16)15(8-12)18(3)11-13-6-7-17(2)10-13/h12-15H,4-11,16H2,1-3H3. The van der Waals surface area contributed by atoms with Crippen LogP contribution in [-0.4, -0.2) is 56.1 Å². The first-order valence-corrected chi connectivity index (χ1v) is 7.69. The van der Waals surface area contributed by atoms with Gasteiger partial charge in [0.2, 0.25) is 0 Å². The predicted octanol–water partition coefficient (Wildman–Crippen LogP) is 1.63. The molecule has 106 valence electrons. The maximum absolute atomic E-state index is 5.97. The highest BCUT2D eigenvalue weighted by atomic mass is 15.2. The van der Waals surface area contributed by atoms with Crippen molar-refractivity contribution in [1.29, 1.82) is 0 Å². The van der Waals surface area contributed by atoms with Crippen LogP contribution in [0, 0.1) is 17.8 Å². The van der Waals surface area contributed by atoms with Gasteiger partial charge < -0.3 is 15.5 Å². The van der Waals surface area contributed by atoms with Gasteiger partial charge in [-0.3, -0.25) is 0 Å². The summed E-state index contributed by atoms with van der Waals surface area (Å²) >= 11 is 0. The molecule has 0 aromatic rings. The Balaban J connectivity index is 1.87. The van der Waals surface area contributed by atoms with Crippen molar-refractivity contribution in [2.75, 3.05) is 40.3 Å². The zero-order valence-electron chi connectivity index (χ0n) is 12.4. The van der Waals surface area contributed by atoms with Crippen LogP contribution in [0.3, 0.4) is 0 Å². The molecular formula is C15H31N3. The zero-order valence-corrected chi connectivity index (χ0v) is 12.4. The Hall–Kier alpha value is -0.120. The lowest BCUT2D eigenvalue weighted by molar-refractivity contribution is 0.0956. The van der Waals surface area contributed by atoms with E-state index in [4.69, 9.17) is 5.73 Å². The van der Waals surface area contributed by atoms with E-state index in [1.54, 1.807) is 0 Å². The molecule has 0 spiro atoms. The lowest BCUT2D eigenvalue weighted by Crippen LogP contribution is -2.46. The quantitative estimate of drug-likeness (QED) is 0.826. The highest BCUT2D eigenvalue weighted by molar-refractivity contribution is 4.87. The van der Waals surface area contributed by atoms with Gasteiger partial charge in [0, 0.05) is 19.1 Å². The smallest absolute Gasteiger partial charge is 0.0135 e. The average Bonchev–Trinajstić information content (AvgIpc) is 2.74. The van der Waals surface area contributed by atoms with Gasteiger partial charge in [-0.1, -0.05) is 13.3 Å². The summed E-state index contributed by atoms with van der Waals surface area (Å²) < 4.78 is 0. The summed E-state index contributed by atoms with van der Waals surface area (Å²) in [6, 6.07) is 0.727. The molecular weight excluding hydrogens is 222 g/mol. The Labute approximate surface area is 113 Å². The van der Waals surface area contributed by atoms with E-state index in [0.717, 1.165) is 30.3 Å². The fraction of sp³-hybridized carbons (Fsp3) is 1.00. The van der Waals surface area contributed by atoms with E-state index in [9.17, 15) is 0 Å². The molecule has 1 saturated heterocycles. The van der Waals surface area contributed by atoms with Crippen molar-refractivity contribution in [3.05, 3.63) is 0 Å². The van der Waals surface area contributed by atoms with Crippen LogP contribution >= 0.6 is 0 Å². The number of nitrogens with two attached hydrogens (primary N) is 1. The van der Waals surface area contributed by atoms with E-state index >= 15 is 0 Å². The monoisotopic (exact) mass is 253 g/mol. The Bertz CT molecular complexity index is 256. The third kappa shape index (κ3) is 3.46. The third-order valence-corrected chi connectivity index (χ3v) is 5.12. The number of likely N-dealkylation sites (tertiary alicyclic amines) is 1. The summed E-state index contributed by atoms with van der Waals surface area (Å²) in [4.78, 5) is 5.08. The zero-order chi connectivity index (χ0) is 13.1. The molecule has 0 aromatic heterocycles. The van der Waals surface area contributed by atoms with Crippen molar-refractivity contribution in [1.82, 2.24) is 9.80 Å². The second-order valence-electron chi connectivity index (χ2n) is 6.84. The molecule has 3 heteroatoms. The summed E-state index contributed by atoms with van der Waals surface area (Å²) in [6.45, 7) is 7.08. The van der Waals surface area contributed by atoms with E-state index in [2.05, 4.69) is 30.8 Å². The van der Waals surface area contributed by atoms with Crippen LogP contribution in [0.25, 0.3) is 0 Å². The molecule has 3 nitrogen and oxygen atoms in total. The molecule has 0 bridgehead atoms. The predicted molar refractivity (Wildman–Crippen MR) is 77.6 cm³/mol. The molecule has 2 aliphatic rings. The fourth-order valence-corrected chi connectivity index (χ4v) is 3.95. The molecule has 2 rings (SSSR count). The molecule has 18 heavy (non-hydrogen) atoms. The first-order valence-electron chi connectivity index (χ1n) is 7.69. The summed E-state index contributed by atoms with van der Waals surface area (Å²) in [6.07, 6.45) is 5.42. The van der Waals surface area contributed by atoms with E-state index < -0.39 is 0 Å². The lowest BCUT2D eigenvalue weighted by Gasteiger charge is -2.41. The topological polar surface area (TPSA) is 32.5 Å². The lowest BCUT2D eigenvalue weighted by atomic mass is 9.78. The molecule has 1 aliphatic heterocycles. The molecule has 0 aromatic carbocycles. The number of rotatable bonds is 4. The fourth-order valence-electron chi connectivity index (χ4n) is 3.95. The van der Waals surface area contributed by atoms with Crippen molar-refractivity contribution in [2.24, 2.45) is 23.5 Å². The molecule has 0 amide bonds. The number of hydrogen-bond acceptors (Lipinski definition) is 3. The van der Waals surface area contributed by atoms with Crippen LogP contribution < -0.4 is 5.73 Å². The van der Waals surface area contributed by atoms with Gasteiger partial charge in [-0.15, -0.1) is 0 Å². The van der Waals surface area contributed by atoms with Crippen molar-refractivity contribution >= 4 is 0 Å². The molecule has 1 saturated carbocycles. The molecule has 1 aliphatic carbocycles. The van der Waals surface area contributed by atoms with Gasteiger partial charge in [0.05, 0.1) is 0 Å². The Kier molecular flexibility index (Phi) is 5.05. The average molecular weight is 253 g/mol. The van der Waals surface area contributed by atoms with E-state index in [0.29, 0.717) is 0 Å². The highest BCUT2D eigenvalue weighted by Crippen LogP contribution is 2.32. The van der Waals surface area contributed by atoms with Crippen LogP contribution in [0.1, 0.15) is 32.6 Å².